The predicted octanol–water partition coefficient (Wildman–Crippen LogP) is 4.25. The summed E-state index contributed by atoms with van der Waals surface area (Å²) in [5, 5.41) is 16.4. The summed E-state index contributed by atoms with van der Waals surface area (Å²) in [6, 6.07) is 10.3. The lowest BCUT2D eigenvalue weighted by molar-refractivity contribution is 0.0651. The van der Waals surface area contributed by atoms with Gasteiger partial charge in [-0.05, 0) is 57.5 Å². The minimum absolute atomic E-state index is 0.107. The van der Waals surface area contributed by atoms with Gasteiger partial charge in [0.15, 0.2) is 17.4 Å². The zero-order valence-corrected chi connectivity index (χ0v) is 20.4. The Morgan fingerprint density at radius 2 is 1.83 bits per heavy atom. The highest BCUT2D eigenvalue weighted by molar-refractivity contribution is 6.04. The molecule has 4 rings (SSSR count). The SMILES string of the molecule is CC(C)n1ccc(NC(=O)c2cc(Oc3ccc(C(=O)N4CCC4)cc3F)cc(O[C@@H](C)CO)c2)n1. The van der Waals surface area contributed by atoms with Crippen LogP contribution in [0.15, 0.2) is 48.7 Å². The zero-order chi connectivity index (χ0) is 25.8. The van der Waals surface area contributed by atoms with Crippen molar-refractivity contribution in [3.8, 4) is 17.2 Å². The maximum Gasteiger partial charge on any atom is 0.257 e. The number of nitrogens with zero attached hydrogens (tertiary/aromatic N) is 3. The van der Waals surface area contributed by atoms with Gasteiger partial charge in [-0.15, -0.1) is 0 Å². The second-order valence-corrected chi connectivity index (χ2v) is 8.93. The number of carbonyl (C=O) groups is 2. The van der Waals surface area contributed by atoms with Gasteiger partial charge in [0.1, 0.15) is 17.6 Å². The number of benzene rings is 2. The van der Waals surface area contributed by atoms with Crippen molar-refractivity contribution in [1.29, 1.82) is 0 Å². The first-order chi connectivity index (χ1) is 17.2. The average molecular weight is 497 g/mol. The summed E-state index contributed by atoms with van der Waals surface area (Å²) in [6.07, 6.45) is 2.16. The maximum atomic E-state index is 14.8. The van der Waals surface area contributed by atoms with Crippen molar-refractivity contribution in [1.82, 2.24) is 14.7 Å². The number of aliphatic hydroxyl groups is 1. The fourth-order valence-corrected chi connectivity index (χ4v) is 3.53. The molecule has 0 saturated carbocycles. The van der Waals surface area contributed by atoms with Crippen molar-refractivity contribution in [2.45, 2.75) is 39.3 Å². The fourth-order valence-electron chi connectivity index (χ4n) is 3.53. The number of aliphatic hydroxyl groups excluding tert-OH is 1. The molecule has 0 radical (unpaired) electrons. The van der Waals surface area contributed by atoms with Crippen LogP contribution in [0.1, 0.15) is 53.9 Å². The highest BCUT2D eigenvalue weighted by atomic mass is 19.1. The van der Waals surface area contributed by atoms with Crippen LogP contribution in [0.3, 0.4) is 0 Å². The number of hydrogen-bond donors (Lipinski definition) is 2. The van der Waals surface area contributed by atoms with Gasteiger partial charge in [-0.3, -0.25) is 14.3 Å². The van der Waals surface area contributed by atoms with Gasteiger partial charge in [-0.25, -0.2) is 4.39 Å². The molecule has 2 heterocycles. The molecule has 10 heteroatoms. The monoisotopic (exact) mass is 496 g/mol. The van der Waals surface area contributed by atoms with Gasteiger partial charge < -0.3 is 24.8 Å². The molecular weight excluding hydrogens is 467 g/mol. The van der Waals surface area contributed by atoms with Crippen LogP contribution < -0.4 is 14.8 Å². The summed E-state index contributed by atoms with van der Waals surface area (Å²) in [7, 11) is 0. The number of hydrogen-bond acceptors (Lipinski definition) is 6. The molecule has 2 amide bonds. The smallest absolute Gasteiger partial charge is 0.257 e. The second-order valence-electron chi connectivity index (χ2n) is 8.93. The predicted molar refractivity (Wildman–Crippen MR) is 131 cm³/mol. The Morgan fingerprint density at radius 1 is 1.08 bits per heavy atom. The van der Waals surface area contributed by atoms with E-state index in [2.05, 4.69) is 10.4 Å². The minimum atomic E-state index is -0.707. The molecule has 36 heavy (non-hydrogen) atoms. The summed E-state index contributed by atoms with van der Waals surface area (Å²) in [4.78, 5) is 27.0. The van der Waals surface area contributed by atoms with E-state index >= 15 is 0 Å². The second kappa shape index (κ2) is 10.8. The van der Waals surface area contributed by atoms with E-state index in [9.17, 15) is 19.1 Å². The number of aromatic nitrogens is 2. The van der Waals surface area contributed by atoms with Crippen molar-refractivity contribution < 1.29 is 28.6 Å². The first-order valence-electron chi connectivity index (χ1n) is 11.8. The number of halogens is 1. The van der Waals surface area contributed by atoms with Gasteiger partial charge in [0.05, 0.1) is 6.61 Å². The zero-order valence-electron chi connectivity index (χ0n) is 20.4. The van der Waals surface area contributed by atoms with Crippen molar-refractivity contribution in [3.63, 3.8) is 0 Å². The van der Waals surface area contributed by atoms with Crippen LogP contribution in [0, 0.1) is 5.82 Å². The molecule has 9 nitrogen and oxygen atoms in total. The van der Waals surface area contributed by atoms with E-state index in [1.165, 1.54) is 30.3 Å². The van der Waals surface area contributed by atoms with E-state index in [0.717, 1.165) is 12.5 Å². The van der Waals surface area contributed by atoms with Crippen molar-refractivity contribution in [2.75, 3.05) is 25.0 Å². The average Bonchev–Trinajstić information content (AvgIpc) is 3.28. The molecule has 3 aromatic rings. The number of ether oxygens (including phenoxy) is 2. The topological polar surface area (TPSA) is 106 Å². The van der Waals surface area contributed by atoms with Crippen LogP contribution >= 0.6 is 0 Å². The van der Waals surface area contributed by atoms with Crippen molar-refractivity contribution in [3.05, 3.63) is 65.6 Å². The van der Waals surface area contributed by atoms with E-state index < -0.39 is 17.8 Å². The molecule has 0 unspecified atom stereocenters. The maximum absolute atomic E-state index is 14.8. The Labute approximate surface area is 208 Å². The summed E-state index contributed by atoms with van der Waals surface area (Å²) in [5.74, 6) is -0.718. The van der Waals surface area contributed by atoms with Crippen molar-refractivity contribution in [2.24, 2.45) is 0 Å². The Bertz CT molecular complexity index is 1250. The van der Waals surface area contributed by atoms with Gasteiger partial charge in [-0.2, -0.15) is 5.10 Å². The number of nitrogens with one attached hydrogen (secondary N) is 1. The van der Waals surface area contributed by atoms with Crippen LogP contribution in [0.2, 0.25) is 0 Å². The molecular formula is C26H29FN4O5. The van der Waals surface area contributed by atoms with Gasteiger partial charge in [0.2, 0.25) is 0 Å². The highest BCUT2D eigenvalue weighted by Gasteiger charge is 2.23. The number of amides is 2. The van der Waals surface area contributed by atoms with Gasteiger partial charge in [0.25, 0.3) is 11.8 Å². The molecule has 0 bridgehead atoms. The molecule has 0 aliphatic carbocycles. The Kier molecular flexibility index (Phi) is 7.54. The lowest BCUT2D eigenvalue weighted by Gasteiger charge is -2.30. The number of carbonyl (C=O) groups excluding carboxylic acids is 2. The molecule has 1 aromatic heterocycles. The molecule has 1 aliphatic heterocycles. The fraction of sp³-hybridized carbons (Fsp3) is 0.346. The lowest BCUT2D eigenvalue weighted by Crippen LogP contribution is -2.42. The third kappa shape index (κ3) is 5.83. The van der Waals surface area contributed by atoms with Crippen LogP contribution in [0.5, 0.6) is 17.2 Å². The first kappa shape index (κ1) is 25.2. The summed E-state index contributed by atoms with van der Waals surface area (Å²) >= 11 is 0. The lowest BCUT2D eigenvalue weighted by atomic mass is 10.1. The van der Waals surface area contributed by atoms with E-state index in [4.69, 9.17) is 9.47 Å². The van der Waals surface area contributed by atoms with Crippen molar-refractivity contribution >= 4 is 17.6 Å². The number of anilines is 1. The van der Waals surface area contributed by atoms with E-state index in [1.54, 1.807) is 28.8 Å². The molecule has 2 N–H and O–H groups in total. The summed E-state index contributed by atoms with van der Waals surface area (Å²) < 4.78 is 27.9. The largest absolute Gasteiger partial charge is 0.488 e. The van der Waals surface area contributed by atoms with Crippen LogP contribution in [0.4, 0.5) is 10.2 Å². The van der Waals surface area contributed by atoms with E-state index in [1.807, 2.05) is 13.8 Å². The normalized spacial score (nSPS) is 13.8. The Balaban J connectivity index is 1.57. The molecule has 1 atom stereocenters. The quantitative estimate of drug-likeness (QED) is 0.459. The Hall–Kier alpha value is -3.92. The van der Waals surface area contributed by atoms with Gasteiger partial charge in [0, 0.05) is 48.6 Å². The van der Waals surface area contributed by atoms with Gasteiger partial charge in [-0.1, -0.05) is 0 Å². The van der Waals surface area contributed by atoms with E-state index in [0.29, 0.717) is 18.9 Å². The third-order valence-electron chi connectivity index (χ3n) is 5.67. The minimum Gasteiger partial charge on any atom is -0.488 e. The van der Waals surface area contributed by atoms with Crippen LogP contribution in [-0.4, -0.2) is 57.4 Å². The molecule has 0 spiro atoms. The molecule has 1 saturated heterocycles. The standard InChI is InChI=1S/C26H29FN4O5/c1-16(2)31-10-7-24(29-31)28-25(33)19-11-20(35-17(3)15-32)14-21(12-19)36-23-6-5-18(13-22(23)27)26(34)30-8-4-9-30/h5-7,10-14,16-17,32H,4,8-9,15H2,1-3H3,(H,28,29,33)/t17-/m0/s1. The molecule has 1 aliphatic rings. The third-order valence-corrected chi connectivity index (χ3v) is 5.67. The van der Waals surface area contributed by atoms with Gasteiger partial charge >= 0.3 is 0 Å². The van der Waals surface area contributed by atoms with Crippen LogP contribution in [-0.2, 0) is 0 Å². The summed E-state index contributed by atoms with van der Waals surface area (Å²) in [5.41, 5.74) is 0.436. The first-order valence-corrected chi connectivity index (χ1v) is 11.8. The highest BCUT2D eigenvalue weighted by Crippen LogP contribution is 2.31. The molecule has 190 valence electrons. The molecule has 1 fully saturated rings. The number of likely N-dealkylation sites (tertiary alicyclic amines) is 1. The van der Waals surface area contributed by atoms with Crippen LogP contribution in [0.25, 0.3) is 0 Å². The molecule has 2 aromatic carbocycles. The van der Waals surface area contributed by atoms with E-state index in [-0.39, 0.29) is 46.9 Å². The number of rotatable bonds is 9. The Morgan fingerprint density at radius 3 is 2.44 bits per heavy atom. The summed E-state index contributed by atoms with van der Waals surface area (Å²) in [6.45, 7) is 6.70.